The van der Waals surface area contributed by atoms with E-state index in [-0.39, 0.29) is 18.6 Å². The number of amides is 1. The van der Waals surface area contributed by atoms with Gasteiger partial charge in [-0.1, -0.05) is 6.92 Å². The third kappa shape index (κ3) is 6.09. The summed E-state index contributed by atoms with van der Waals surface area (Å²) in [6.45, 7) is 3.55. The van der Waals surface area contributed by atoms with Gasteiger partial charge in [-0.2, -0.15) is 0 Å². The van der Waals surface area contributed by atoms with E-state index in [1.165, 1.54) is 0 Å². The van der Waals surface area contributed by atoms with Crippen molar-refractivity contribution in [2.75, 3.05) is 32.6 Å². The number of aliphatic hydroxyl groups is 1. The Balaban J connectivity index is 1.33. The summed E-state index contributed by atoms with van der Waals surface area (Å²) in [6, 6.07) is 5.41. The van der Waals surface area contributed by atoms with Gasteiger partial charge in [0.05, 0.1) is 41.1 Å². The zero-order valence-corrected chi connectivity index (χ0v) is 20.7. The zero-order chi connectivity index (χ0) is 23.2. The molecule has 1 aliphatic rings. The quantitative estimate of drug-likeness (QED) is 0.460. The fourth-order valence-corrected chi connectivity index (χ4v) is 5.26. The Morgan fingerprint density at radius 3 is 2.85 bits per heavy atom. The Bertz CT molecular complexity index is 1070. The van der Waals surface area contributed by atoms with Crippen LogP contribution in [0.3, 0.4) is 0 Å². The van der Waals surface area contributed by atoms with Crippen molar-refractivity contribution in [2.24, 2.45) is 5.92 Å². The van der Waals surface area contributed by atoms with Crippen LogP contribution in [0.5, 0.6) is 0 Å². The standard InChI is InChI=1S/C24H30N4O3S2/c1-16(3-7-22-25-12-19(32-2)13-26-22)4-8-23-27-20-6-5-17(11-21(20)33-23)24(30)28-9-10-31-15-18(28)14-29/h5-6,11-13,16,18,29H,3-4,7-10,14-15H2,1-2H3/t16-,18?/m0/s1. The maximum Gasteiger partial charge on any atom is 0.254 e. The number of aryl methyl sites for hydroxylation is 2. The summed E-state index contributed by atoms with van der Waals surface area (Å²) in [5.74, 6) is 1.39. The highest BCUT2D eigenvalue weighted by atomic mass is 32.2. The molecule has 0 radical (unpaired) electrons. The number of carbonyl (C=O) groups is 1. The minimum Gasteiger partial charge on any atom is -0.394 e. The number of aromatic nitrogens is 3. The van der Waals surface area contributed by atoms with Crippen LogP contribution in [-0.4, -0.2) is 69.5 Å². The van der Waals surface area contributed by atoms with E-state index < -0.39 is 0 Å². The molecule has 0 spiro atoms. The van der Waals surface area contributed by atoms with E-state index in [9.17, 15) is 9.90 Å². The predicted molar refractivity (Wildman–Crippen MR) is 132 cm³/mol. The fraction of sp³-hybridized carbons (Fsp3) is 0.500. The minimum absolute atomic E-state index is 0.0596. The summed E-state index contributed by atoms with van der Waals surface area (Å²) in [7, 11) is 0. The Morgan fingerprint density at radius 1 is 1.30 bits per heavy atom. The molecule has 0 aliphatic carbocycles. The van der Waals surface area contributed by atoms with E-state index in [4.69, 9.17) is 9.72 Å². The molecule has 7 nitrogen and oxygen atoms in total. The normalized spacial score (nSPS) is 17.4. The topological polar surface area (TPSA) is 88.4 Å². The van der Waals surface area contributed by atoms with Gasteiger partial charge < -0.3 is 14.7 Å². The van der Waals surface area contributed by atoms with Crippen molar-refractivity contribution in [2.45, 2.75) is 43.5 Å². The number of carbonyl (C=O) groups excluding carboxylic acids is 1. The Morgan fingerprint density at radius 2 is 2.09 bits per heavy atom. The van der Waals surface area contributed by atoms with Crippen LogP contribution in [0, 0.1) is 5.92 Å². The average molecular weight is 487 g/mol. The van der Waals surface area contributed by atoms with Gasteiger partial charge in [-0.3, -0.25) is 4.79 Å². The van der Waals surface area contributed by atoms with Gasteiger partial charge >= 0.3 is 0 Å². The molecule has 1 unspecified atom stereocenters. The van der Waals surface area contributed by atoms with Crippen molar-refractivity contribution in [1.82, 2.24) is 19.9 Å². The van der Waals surface area contributed by atoms with Gasteiger partial charge in [-0.25, -0.2) is 15.0 Å². The number of hydrogen-bond donors (Lipinski definition) is 1. The van der Waals surface area contributed by atoms with Crippen molar-refractivity contribution in [1.29, 1.82) is 0 Å². The number of thioether (sulfide) groups is 1. The summed E-state index contributed by atoms with van der Waals surface area (Å²) < 4.78 is 6.42. The second-order valence-electron chi connectivity index (χ2n) is 8.42. The Kier molecular flexibility index (Phi) is 8.29. The molecule has 0 saturated carbocycles. The smallest absolute Gasteiger partial charge is 0.254 e. The second-order valence-corrected chi connectivity index (χ2v) is 10.4. The Labute approximate surface area is 202 Å². The van der Waals surface area contributed by atoms with Crippen molar-refractivity contribution in [3.05, 3.63) is 47.0 Å². The van der Waals surface area contributed by atoms with Crippen molar-refractivity contribution in [3.63, 3.8) is 0 Å². The number of morpholine rings is 1. The van der Waals surface area contributed by atoms with E-state index in [1.54, 1.807) is 28.0 Å². The number of aliphatic hydroxyl groups excluding tert-OH is 1. The van der Waals surface area contributed by atoms with Crippen LogP contribution in [0.1, 0.15) is 41.0 Å². The summed E-state index contributed by atoms with van der Waals surface area (Å²) in [5.41, 5.74) is 1.57. The van der Waals surface area contributed by atoms with Gasteiger partial charge in [0.2, 0.25) is 0 Å². The van der Waals surface area contributed by atoms with E-state index >= 15 is 0 Å². The highest BCUT2D eigenvalue weighted by molar-refractivity contribution is 7.98. The lowest BCUT2D eigenvalue weighted by atomic mass is 10.00. The minimum atomic E-state index is -0.283. The average Bonchev–Trinajstić information content (AvgIpc) is 3.28. The molecule has 33 heavy (non-hydrogen) atoms. The third-order valence-electron chi connectivity index (χ3n) is 6.01. The molecule has 2 atom stereocenters. The van der Waals surface area contributed by atoms with Crippen LogP contribution in [0.4, 0.5) is 0 Å². The summed E-state index contributed by atoms with van der Waals surface area (Å²) in [6.07, 6.45) is 9.72. The molecule has 1 saturated heterocycles. The maximum atomic E-state index is 13.0. The Hall–Kier alpha value is -2.07. The van der Waals surface area contributed by atoms with Gasteiger partial charge in [0, 0.05) is 35.8 Å². The molecular weight excluding hydrogens is 456 g/mol. The van der Waals surface area contributed by atoms with E-state index in [2.05, 4.69) is 16.9 Å². The molecule has 1 aromatic carbocycles. The van der Waals surface area contributed by atoms with Crippen molar-refractivity contribution < 1.29 is 14.6 Å². The summed E-state index contributed by atoms with van der Waals surface area (Å²) in [5, 5.41) is 10.7. The van der Waals surface area contributed by atoms with Gasteiger partial charge in [0.1, 0.15) is 5.82 Å². The first kappa shape index (κ1) is 24.1. The number of ether oxygens (including phenoxy) is 1. The molecule has 0 bridgehead atoms. The zero-order valence-electron chi connectivity index (χ0n) is 19.1. The van der Waals surface area contributed by atoms with Crippen LogP contribution in [0.15, 0.2) is 35.5 Å². The third-order valence-corrected chi connectivity index (χ3v) is 7.77. The van der Waals surface area contributed by atoms with Crippen LogP contribution in [0.2, 0.25) is 0 Å². The van der Waals surface area contributed by atoms with Gasteiger partial charge in [-0.05, 0) is 49.6 Å². The number of fused-ring (bicyclic) bond motifs is 1. The van der Waals surface area contributed by atoms with Crippen LogP contribution in [-0.2, 0) is 17.6 Å². The lowest BCUT2D eigenvalue weighted by molar-refractivity contribution is -0.0183. The van der Waals surface area contributed by atoms with E-state index in [1.807, 2.05) is 36.8 Å². The number of rotatable bonds is 9. The molecule has 1 aliphatic heterocycles. The van der Waals surface area contributed by atoms with Crippen LogP contribution in [0.25, 0.3) is 10.2 Å². The SMILES string of the molecule is CSc1cnc(CC[C@H](C)CCc2nc3ccc(C(=O)N4CCOCC4CO)cc3s2)nc1. The molecule has 1 fully saturated rings. The molecule has 1 amide bonds. The highest BCUT2D eigenvalue weighted by Crippen LogP contribution is 2.26. The lowest BCUT2D eigenvalue weighted by Crippen LogP contribution is -2.50. The molecule has 4 rings (SSSR count). The molecule has 1 N–H and O–H groups in total. The predicted octanol–water partition coefficient (Wildman–Crippen LogP) is 3.84. The number of thiazole rings is 1. The van der Waals surface area contributed by atoms with Crippen molar-refractivity contribution >= 4 is 39.2 Å². The first-order valence-electron chi connectivity index (χ1n) is 11.3. The van der Waals surface area contributed by atoms with E-state index in [0.29, 0.717) is 31.2 Å². The first-order valence-corrected chi connectivity index (χ1v) is 13.4. The van der Waals surface area contributed by atoms with E-state index in [0.717, 1.165) is 51.6 Å². The molecule has 2 aromatic heterocycles. The lowest BCUT2D eigenvalue weighted by Gasteiger charge is -2.34. The number of benzene rings is 1. The van der Waals surface area contributed by atoms with Crippen molar-refractivity contribution in [3.8, 4) is 0 Å². The van der Waals surface area contributed by atoms with Gasteiger partial charge in [0.25, 0.3) is 5.91 Å². The van der Waals surface area contributed by atoms with Gasteiger partial charge in [-0.15, -0.1) is 23.1 Å². The number of hydrogen-bond acceptors (Lipinski definition) is 8. The molecular formula is C24H30N4O3S2. The van der Waals surface area contributed by atoms with Gasteiger partial charge in [0.15, 0.2) is 0 Å². The fourth-order valence-electron chi connectivity index (χ4n) is 3.92. The monoisotopic (exact) mass is 486 g/mol. The maximum absolute atomic E-state index is 13.0. The summed E-state index contributed by atoms with van der Waals surface area (Å²) in [4.78, 5) is 29.4. The second kappa shape index (κ2) is 11.4. The summed E-state index contributed by atoms with van der Waals surface area (Å²) >= 11 is 3.31. The highest BCUT2D eigenvalue weighted by Gasteiger charge is 2.27. The first-order chi connectivity index (χ1) is 16.1. The molecule has 3 heterocycles. The largest absolute Gasteiger partial charge is 0.394 e. The number of nitrogens with zero attached hydrogens (tertiary/aromatic N) is 4. The molecule has 176 valence electrons. The van der Waals surface area contributed by atoms with Crippen LogP contribution >= 0.6 is 23.1 Å². The van der Waals surface area contributed by atoms with Crippen LogP contribution < -0.4 is 0 Å². The molecule has 3 aromatic rings. The molecule has 9 heteroatoms.